The quantitative estimate of drug-likeness (QED) is 0.206. The summed E-state index contributed by atoms with van der Waals surface area (Å²) in [5.74, 6) is 0. The fraction of sp³-hybridized carbons (Fsp3) is 0.471. The largest absolute Gasteiger partial charge is 0.393 e. The minimum Gasteiger partial charge on any atom is -0.393 e. The summed E-state index contributed by atoms with van der Waals surface area (Å²) in [4.78, 5) is 0. The highest BCUT2D eigenvalue weighted by atomic mass is 16.8. The van der Waals surface area contributed by atoms with Crippen LogP contribution in [0.15, 0.2) is 60.7 Å². The van der Waals surface area contributed by atoms with Gasteiger partial charge in [0.1, 0.15) is 0 Å². The van der Waals surface area contributed by atoms with Crippen molar-refractivity contribution in [1.29, 1.82) is 0 Å². The summed E-state index contributed by atoms with van der Waals surface area (Å²) in [5, 5.41) is 38.7. The lowest BCUT2D eigenvalue weighted by atomic mass is 9.69. The van der Waals surface area contributed by atoms with Crippen molar-refractivity contribution in [3.05, 3.63) is 94.0 Å². The molecule has 0 aliphatic carbocycles. The first-order chi connectivity index (χ1) is 18.3. The second kappa shape index (κ2) is 12.8. The van der Waals surface area contributed by atoms with E-state index in [0.717, 1.165) is 42.4 Å². The Kier molecular flexibility index (Phi) is 10.1. The maximum absolute atomic E-state index is 10.5. The molecule has 39 heavy (non-hydrogen) atoms. The van der Waals surface area contributed by atoms with Crippen LogP contribution < -0.4 is 0 Å². The minimum absolute atomic E-state index is 0.117. The molecule has 5 heteroatoms. The number of ether oxygens (including phenoxy) is 1. The molecule has 0 fully saturated rings. The number of hydrogen-bond donors (Lipinski definition) is 4. The van der Waals surface area contributed by atoms with Crippen LogP contribution in [-0.4, -0.2) is 33.0 Å². The molecule has 0 spiro atoms. The third-order valence-corrected chi connectivity index (χ3v) is 8.30. The maximum Gasteiger partial charge on any atom is 0.269 e. The molecule has 3 aromatic rings. The van der Waals surface area contributed by atoms with E-state index in [-0.39, 0.29) is 16.9 Å². The summed E-state index contributed by atoms with van der Waals surface area (Å²) in [5.41, 5.74) is 8.42. The van der Waals surface area contributed by atoms with Gasteiger partial charge in [-0.25, -0.2) is 0 Å². The van der Waals surface area contributed by atoms with Crippen molar-refractivity contribution < 1.29 is 25.2 Å². The molecule has 212 valence electrons. The van der Waals surface area contributed by atoms with Crippen LogP contribution >= 0.6 is 0 Å². The number of aryl methyl sites for hydroxylation is 3. The van der Waals surface area contributed by atoms with Crippen molar-refractivity contribution in [2.24, 2.45) is 5.41 Å². The summed E-state index contributed by atoms with van der Waals surface area (Å²) >= 11 is 0. The predicted octanol–water partition coefficient (Wildman–Crippen LogP) is 6.69. The first kappa shape index (κ1) is 31.0. The van der Waals surface area contributed by atoms with Crippen LogP contribution in [0.3, 0.4) is 0 Å². The number of aliphatic hydroxyl groups is 4. The average molecular weight is 535 g/mol. The normalized spacial score (nSPS) is 14.1. The van der Waals surface area contributed by atoms with Gasteiger partial charge < -0.3 is 20.4 Å². The highest BCUT2D eigenvalue weighted by Crippen LogP contribution is 2.41. The SMILES string of the molecule is CCC(CC)(c1ccc(CCC(O)C(C)(C)C)c(C)c1)c1ccc(-c2cccc([C@@H](O)OC(O)O)c2)c(C)c1. The lowest BCUT2D eigenvalue weighted by Gasteiger charge is -2.34. The van der Waals surface area contributed by atoms with Crippen LogP contribution in [0, 0.1) is 19.3 Å². The van der Waals surface area contributed by atoms with Crippen LogP contribution in [0.4, 0.5) is 0 Å². The van der Waals surface area contributed by atoms with Gasteiger partial charge in [0, 0.05) is 11.0 Å². The van der Waals surface area contributed by atoms with Gasteiger partial charge in [-0.05, 0) is 90.0 Å². The van der Waals surface area contributed by atoms with E-state index >= 15 is 0 Å². The molecule has 0 aliphatic heterocycles. The average Bonchev–Trinajstić information content (AvgIpc) is 2.88. The Labute approximate surface area is 234 Å². The molecular weight excluding hydrogens is 488 g/mol. The maximum atomic E-state index is 10.5. The van der Waals surface area contributed by atoms with Crippen LogP contribution in [0.2, 0.25) is 0 Å². The molecule has 4 N–H and O–H groups in total. The summed E-state index contributed by atoms with van der Waals surface area (Å²) < 4.78 is 4.71. The Morgan fingerprint density at radius 3 is 1.92 bits per heavy atom. The minimum atomic E-state index is -2.05. The van der Waals surface area contributed by atoms with Gasteiger partial charge in [-0.2, -0.15) is 0 Å². The van der Waals surface area contributed by atoms with Crippen molar-refractivity contribution in [1.82, 2.24) is 0 Å². The first-order valence-corrected chi connectivity index (χ1v) is 14.0. The fourth-order valence-corrected chi connectivity index (χ4v) is 5.57. The third-order valence-electron chi connectivity index (χ3n) is 8.30. The number of benzene rings is 3. The number of rotatable bonds is 11. The zero-order chi connectivity index (χ0) is 29.0. The molecule has 0 radical (unpaired) electrons. The predicted molar refractivity (Wildman–Crippen MR) is 157 cm³/mol. The van der Waals surface area contributed by atoms with Gasteiger partial charge in [-0.1, -0.05) is 89.2 Å². The van der Waals surface area contributed by atoms with Crippen molar-refractivity contribution in [2.45, 2.75) is 98.4 Å². The van der Waals surface area contributed by atoms with E-state index in [1.807, 2.05) is 12.1 Å². The zero-order valence-corrected chi connectivity index (χ0v) is 24.5. The van der Waals surface area contributed by atoms with Crippen molar-refractivity contribution >= 4 is 0 Å². The van der Waals surface area contributed by atoms with Crippen LogP contribution in [0.5, 0.6) is 0 Å². The lowest BCUT2D eigenvalue weighted by Crippen LogP contribution is -2.27. The second-order valence-electron chi connectivity index (χ2n) is 11.8. The topological polar surface area (TPSA) is 90.2 Å². The molecule has 3 rings (SSSR count). The summed E-state index contributed by atoms with van der Waals surface area (Å²) in [7, 11) is 0. The molecule has 0 heterocycles. The molecule has 0 bridgehead atoms. The van der Waals surface area contributed by atoms with E-state index < -0.39 is 12.8 Å². The first-order valence-electron chi connectivity index (χ1n) is 14.0. The van der Waals surface area contributed by atoms with Crippen molar-refractivity contribution in [3.63, 3.8) is 0 Å². The molecule has 1 unspecified atom stereocenters. The van der Waals surface area contributed by atoms with Gasteiger partial charge in [-0.15, -0.1) is 0 Å². The molecule has 5 nitrogen and oxygen atoms in total. The van der Waals surface area contributed by atoms with Gasteiger partial charge in [0.05, 0.1) is 6.10 Å². The van der Waals surface area contributed by atoms with Gasteiger partial charge >= 0.3 is 0 Å². The highest BCUT2D eigenvalue weighted by Gasteiger charge is 2.31. The summed E-state index contributed by atoms with van der Waals surface area (Å²) in [6, 6.07) is 20.7. The van der Waals surface area contributed by atoms with Crippen molar-refractivity contribution in [2.75, 3.05) is 0 Å². The third kappa shape index (κ3) is 7.16. The number of hydrogen-bond acceptors (Lipinski definition) is 5. The van der Waals surface area contributed by atoms with E-state index in [1.165, 1.54) is 22.3 Å². The molecule has 0 aromatic heterocycles. The van der Waals surface area contributed by atoms with Gasteiger partial charge in [0.15, 0.2) is 6.29 Å². The van der Waals surface area contributed by atoms with Gasteiger partial charge in [0.25, 0.3) is 6.48 Å². The molecule has 0 saturated carbocycles. The lowest BCUT2D eigenvalue weighted by molar-refractivity contribution is -0.299. The van der Waals surface area contributed by atoms with E-state index in [4.69, 9.17) is 14.9 Å². The van der Waals surface area contributed by atoms with E-state index in [9.17, 15) is 10.2 Å². The zero-order valence-electron chi connectivity index (χ0n) is 24.5. The van der Waals surface area contributed by atoms with Gasteiger partial charge in [0.2, 0.25) is 0 Å². The Morgan fingerprint density at radius 1 is 0.769 bits per heavy atom. The van der Waals surface area contributed by atoms with Crippen LogP contribution in [-0.2, 0) is 16.6 Å². The standard InChI is InChI=1S/C34H46O5/c1-8-34(9-2,27-15-13-24(22(3)19-27)14-18-30(35)33(5,6)7)28-16-17-29(23(4)20-28)25-11-10-12-26(21-25)31(36)39-32(37)38/h10-13,15-17,19-21,30-32,35-38H,8-9,14,18H2,1-7H3/t30?,31-/m0/s1. The summed E-state index contributed by atoms with van der Waals surface area (Å²) in [6.07, 6.45) is 1.78. The molecule has 2 atom stereocenters. The number of aliphatic hydroxyl groups excluding tert-OH is 3. The Bertz CT molecular complexity index is 1240. The fourth-order valence-electron chi connectivity index (χ4n) is 5.57. The van der Waals surface area contributed by atoms with Crippen LogP contribution in [0.25, 0.3) is 11.1 Å². The smallest absolute Gasteiger partial charge is 0.269 e. The van der Waals surface area contributed by atoms with E-state index in [2.05, 4.69) is 84.9 Å². The molecular formula is C34H46O5. The second-order valence-corrected chi connectivity index (χ2v) is 11.8. The summed E-state index contributed by atoms with van der Waals surface area (Å²) in [6.45, 7) is 13.0. The molecule has 0 aliphatic rings. The van der Waals surface area contributed by atoms with Gasteiger partial charge in [-0.3, -0.25) is 4.74 Å². The Morgan fingerprint density at radius 2 is 1.38 bits per heavy atom. The van der Waals surface area contributed by atoms with Crippen molar-refractivity contribution in [3.8, 4) is 11.1 Å². The molecule has 0 amide bonds. The highest BCUT2D eigenvalue weighted by molar-refractivity contribution is 5.69. The van der Waals surface area contributed by atoms with E-state index in [0.29, 0.717) is 5.56 Å². The van der Waals surface area contributed by atoms with E-state index in [1.54, 1.807) is 12.1 Å². The monoisotopic (exact) mass is 534 g/mol. The molecule has 3 aromatic carbocycles. The Balaban J connectivity index is 1.93. The molecule has 0 saturated heterocycles. The van der Waals surface area contributed by atoms with Crippen LogP contribution in [0.1, 0.15) is 93.6 Å². The Hall–Kier alpha value is -2.54.